The highest BCUT2D eigenvalue weighted by Gasteiger charge is 2.24. The van der Waals surface area contributed by atoms with Gasteiger partial charge in [-0.1, -0.05) is 35.9 Å². The van der Waals surface area contributed by atoms with Crippen LogP contribution >= 0.6 is 22.9 Å². The van der Waals surface area contributed by atoms with Crippen LogP contribution in [-0.2, 0) is 0 Å². The fourth-order valence-corrected chi connectivity index (χ4v) is 5.31. The van der Waals surface area contributed by atoms with Crippen molar-refractivity contribution in [3.63, 3.8) is 0 Å². The van der Waals surface area contributed by atoms with Gasteiger partial charge in [0.25, 0.3) is 5.91 Å². The van der Waals surface area contributed by atoms with E-state index in [1.165, 1.54) is 0 Å². The summed E-state index contributed by atoms with van der Waals surface area (Å²) >= 11 is 7.65. The lowest BCUT2D eigenvalue weighted by Gasteiger charge is -2.35. The number of benzene rings is 2. The molecule has 164 valence electrons. The minimum atomic E-state index is 0.115. The molecular formula is C25H25ClN4OS. The third-order valence-electron chi connectivity index (χ3n) is 6.26. The second-order valence-corrected chi connectivity index (χ2v) is 9.74. The topological polar surface area (TPSA) is 40.9 Å². The first-order valence-electron chi connectivity index (χ1n) is 10.8. The maximum atomic E-state index is 12.9. The highest BCUT2D eigenvalue weighted by Crippen LogP contribution is 2.30. The van der Waals surface area contributed by atoms with Gasteiger partial charge < -0.3 is 9.80 Å². The van der Waals surface area contributed by atoms with Gasteiger partial charge in [-0.05, 0) is 56.8 Å². The summed E-state index contributed by atoms with van der Waals surface area (Å²) < 4.78 is 2.11. The Kier molecular flexibility index (Phi) is 5.76. The zero-order valence-electron chi connectivity index (χ0n) is 18.2. The van der Waals surface area contributed by atoms with Crippen molar-refractivity contribution < 1.29 is 4.79 Å². The van der Waals surface area contributed by atoms with E-state index in [4.69, 9.17) is 16.6 Å². The average Bonchev–Trinajstić information content (AvgIpc) is 3.41. The molecule has 1 saturated heterocycles. The molecule has 0 unspecified atom stereocenters. The Bertz CT molecular complexity index is 1240. The Morgan fingerprint density at radius 3 is 2.34 bits per heavy atom. The molecule has 0 atom stereocenters. The molecule has 0 spiro atoms. The minimum Gasteiger partial charge on any atom is -0.339 e. The monoisotopic (exact) mass is 464 g/mol. The second-order valence-electron chi connectivity index (χ2n) is 8.47. The Morgan fingerprint density at radius 1 is 1.03 bits per heavy atom. The van der Waals surface area contributed by atoms with Gasteiger partial charge in [0.15, 0.2) is 4.96 Å². The molecule has 0 saturated carbocycles. The Hall–Kier alpha value is -2.67. The number of fused-ring (bicyclic) bond motifs is 1. The van der Waals surface area contributed by atoms with E-state index in [9.17, 15) is 4.79 Å². The van der Waals surface area contributed by atoms with Crippen LogP contribution in [-0.4, -0.2) is 58.3 Å². The summed E-state index contributed by atoms with van der Waals surface area (Å²) in [4.78, 5) is 22.9. The third kappa shape index (κ3) is 4.06. The molecule has 4 aromatic rings. The van der Waals surface area contributed by atoms with Gasteiger partial charge in [0.1, 0.15) is 0 Å². The molecule has 3 heterocycles. The number of nitrogens with zero attached hydrogens (tertiary/aromatic N) is 4. The van der Waals surface area contributed by atoms with E-state index in [0.717, 1.165) is 64.0 Å². The van der Waals surface area contributed by atoms with E-state index >= 15 is 0 Å². The van der Waals surface area contributed by atoms with Crippen molar-refractivity contribution in [2.45, 2.75) is 18.9 Å². The summed E-state index contributed by atoms with van der Waals surface area (Å²) in [5.41, 5.74) is 4.83. The zero-order valence-corrected chi connectivity index (χ0v) is 19.7. The molecule has 0 radical (unpaired) electrons. The smallest absolute Gasteiger partial charge is 0.253 e. The van der Waals surface area contributed by atoms with Gasteiger partial charge in [-0.25, -0.2) is 4.98 Å². The lowest BCUT2D eigenvalue weighted by Crippen LogP contribution is -2.44. The maximum Gasteiger partial charge on any atom is 0.253 e. The molecule has 0 bridgehead atoms. The summed E-state index contributed by atoms with van der Waals surface area (Å²) in [5, 5.41) is 2.83. The standard InChI is InChI=1S/C25H25ClN4OS/c1-28(2)21-11-13-29(14-12-21)24(31)19-5-3-17(4-6-19)22-15-30-23(16-32-25(30)27-22)18-7-9-20(26)10-8-18/h3-10,15-16,21H,11-14H2,1-2H3. The fraction of sp³-hybridized carbons (Fsp3) is 0.280. The minimum absolute atomic E-state index is 0.115. The quantitative estimate of drug-likeness (QED) is 0.397. The number of piperidine rings is 1. The van der Waals surface area contributed by atoms with Crippen LogP contribution in [0.2, 0.25) is 5.02 Å². The van der Waals surface area contributed by atoms with Crippen molar-refractivity contribution in [1.29, 1.82) is 0 Å². The van der Waals surface area contributed by atoms with E-state index in [0.29, 0.717) is 6.04 Å². The van der Waals surface area contributed by atoms with E-state index in [1.807, 2.05) is 53.4 Å². The summed E-state index contributed by atoms with van der Waals surface area (Å²) in [6.07, 6.45) is 4.11. The lowest BCUT2D eigenvalue weighted by molar-refractivity contribution is 0.0663. The van der Waals surface area contributed by atoms with Crippen LogP contribution in [0.5, 0.6) is 0 Å². The number of amides is 1. The van der Waals surface area contributed by atoms with Crippen LogP contribution in [0.4, 0.5) is 0 Å². The number of imidazole rings is 1. The number of carbonyl (C=O) groups excluding carboxylic acids is 1. The van der Waals surface area contributed by atoms with Crippen LogP contribution in [0.1, 0.15) is 23.2 Å². The molecule has 0 aliphatic carbocycles. The Morgan fingerprint density at radius 2 is 1.69 bits per heavy atom. The molecule has 1 fully saturated rings. The average molecular weight is 465 g/mol. The predicted molar refractivity (Wildman–Crippen MR) is 132 cm³/mol. The first kappa shape index (κ1) is 21.2. The summed E-state index contributed by atoms with van der Waals surface area (Å²) in [6.45, 7) is 1.63. The van der Waals surface area contributed by atoms with Crippen molar-refractivity contribution in [3.05, 3.63) is 70.7 Å². The van der Waals surface area contributed by atoms with E-state index in [2.05, 4.69) is 35.0 Å². The molecule has 2 aromatic heterocycles. The molecule has 1 amide bonds. The lowest BCUT2D eigenvalue weighted by atomic mass is 10.0. The third-order valence-corrected chi connectivity index (χ3v) is 7.35. The molecule has 0 N–H and O–H groups in total. The number of hydrogen-bond donors (Lipinski definition) is 0. The molecule has 1 aliphatic heterocycles. The van der Waals surface area contributed by atoms with Gasteiger partial charge in [0, 0.05) is 46.9 Å². The van der Waals surface area contributed by atoms with Crippen LogP contribution in [0, 0.1) is 0 Å². The van der Waals surface area contributed by atoms with Crippen LogP contribution in [0.3, 0.4) is 0 Å². The largest absolute Gasteiger partial charge is 0.339 e. The number of likely N-dealkylation sites (tertiary alicyclic amines) is 1. The van der Waals surface area contributed by atoms with Crippen molar-refractivity contribution in [2.75, 3.05) is 27.2 Å². The van der Waals surface area contributed by atoms with Gasteiger partial charge in [-0.3, -0.25) is 9.20 Å². The number of rotatable bonds is 4. The number of aromatic nitrogens is 2. The van der Waals surface area contributed by atoms with Gasteiger partial charge in [-0.15, -0.1) is 11.3 Å². The summed E-state index contributed by atoms with van der Waals surface area (Å²) in [5.74, 6) is 0.115. The molecule has 5 nitrogen and oxygen atoms in total. The van der Waals surface area contributed by atoms with E-state index < -0.39 is 0 Å². The molecular weight excluding hydrogens is 440 g/mol. The molecule has 32 heavy (non-hydrogen) atoms. The molecule has 2 aromatic carbocycles. The summed E-state index contributed by atoms with van der Waals surface area (Å²) in [6, 6.07) is 16.2. The molecule has 7 heteroatoms. The normalized spacial score (nSPS) is 15.1. The van der Waals surface area contributed by atoms with E-state index in [-0.39, 0.29) is 5.91 Å². The first-order valence-corrected chi connectivity index (χ1v) is 12.0. The maximum absolute atomic E-state index is 12.9. The van der Waals surface area contributed by atoms with Crippen molar-refractivity contribution in [3.8, 4) is 22.5 Å². The SMILES string of the molecule is CN(C)C1CCN(C(=O)c2ccc(-c3cn4c(-c5ccc(Cl)cc5)csc4n3)cc2)CC1. The fourth-order valence-electron chi connectivity index (χ4n) is 4.30. The summed E-state index contributed by atoms with van der Waals surface area (Å²) in [7, 11) is 4.22. The molecule has 1 aliphatic rings. The number of halogens is 1. The number of carbonyl (C=O) groups is 1. The second kappa shape index (κ2) is 8.70. The van der Waals surface area contributed by atoms with Gasteiger partial charge in [0.05, 0.1) is 11.4 Å². The highest BCUT2D eigenvalue weighted by atomic mass is 35.5. The Balaban J connectivity index is 1.34. The van der Waals surface area contributed by atoms with Crippen LogP contribution in [0.25, 0.3) is 27.5 Å². The van der Waals surface area contributed by atoms with Crippen LogP contribution in [0.15, 0.2) is 60.1 Å². The molecule has 5 rings (SSSR count). The van der Waals surface area contributed by atoms with Crippen molar-refractivity contribution >= 4 is 33.8 Å². The van der Waals surface area contributed by atoms with Crippen molar-refractivity contribution in [1.82, 2.24) is 19.2 Å². The van der Waals surface area contributed by atoms with Crippen molar-refractivity contribution in [2.24, 2.45) is 0 Å². The van der Waals surface area contributed by atoms with Gasteiger partial charge >= 0.3 is 0 Å². The highest BCUT2D eigenvalue weighted by molar-refractivity contribution is 7.15. The zero-order chi connectivity index (χ0) is 22.2. The van der Waals surface area contributed by atoms with Crippen LogP contribution < -0.4 is 0 Å². The first-order chi connectivity index (χ1) is 15.5. The number of thiazole rings is 1. The van der Waals surface area contributed by atoms with Gasteiger partial charge in [-0.2, -0.15) is 0 Å². The predicted octanol–water partition coefficient (Wildman–Crippen LogP) is 5.55. The van der Waals surface area contributed by atoms with Gasteiger partial charge in [0.2, 0.25) is 0 Å². The number of hydrogen-bond acceptors (Lipinski definition) is 4. The Labute approximate surface area is 196 Å². The van der Waals surface area contributed by atoms with E-state index in [1.54, 1.807) is 11.3 Å².